The maximum absolute atomic E-state index is 3.70. The van der Waals surface area contributed by atoms with Gasteiger partial charge in [-0.1, -0.05) is 12.2 Å². The lowest BCUT2D eigenvalue weighted by Gasteiger charge is -1.86. The first-order chi connectivity index (χ1) is 5.36. The van der Waals surface area contributed by atoms with Crippen LogP contribution in [0.1, 0.15) is 9.75 Å². The highest BCUT2D eigenvalue weighted by molar-refractivity contribution is 7.12. The second-order valence-corrected chi connectivity index (χ2v) is 3.61. The van der Waals surface area contributed by atoms with E-state index in [1.165, 1.54) is 9.75 Å². The van der Waals surface area contributed by atoms with E-state index >= 15 is 0 Å². The summed E-state index contributed by atoms with van der Waals surface area (Å²) in [6, 6.07) is 4.32. The van der Waals surface area contributed by atoms with Gasteiger partial charge in [-0.05, 0) is 25.0 Å². The summed E-state index contributed by atoms with van der Waals surface area (Å²) in [7, 11) is 0. The summed E-state index contributed by atoms with van der Waals surface area (Å²) < 4.78 is 0. The predicted molar refractivity (Wildman–Crippen MR) is 52.1 cm³/mol. The normalized spacial score (nSPS) is 9.45. The van der Waals surface area contributed by atoms with E-state index in [2.05, 4.69) is 25.3 Å². The van der Waals surface area contributed by atoms with Crippen molar-refractivity contribution >= 4 is 11.3 Å². The molecule has 0 fully saturated rings. The third-order valence-corrected chi connectivity index (χ3v) is 2.54. The smallest absolute Gasteiger partial charge is 0.00858 e. The Balaban J connectivity index is 2.64. The first-order valence-corrected chi connectivity index (χ1v) is 4.48. The van der Waals surface area contributed by atoms with Crippen molar-refractivity contribution < 1.29 is 0 Å². The molecule has 0 aromatic carbocycles. The second-order valence-electron chi connectivity index (χ2n) is 2.35. The lowest BCUT2D eigenvalue weighted by Crippen LogP contribution is -1.69. The van der Waals surface area contributed by atoms with E-state index in [4.69, 9.17) is 0 Å². The van der Waals surface area contributed by atoms with E-state index in [9.17, 15) is 0 Å². The molecule has 0 radical (unpaired) electrons. The standard InChI is InChI=1S/C10H12S/c1-3-5-9-7-8-10(11-9)6-4-2/h3-4,7-8H,1-2,5-6H2. The predicted octanol–water partition coefficient (Wildman–Crippen LogP) is 3.21. The number of hydrogen-bond donors (Lipinski definition) is 0. The second kappa shape index (κ2) is 4.14. The van der Waals surface area contributed by atoms with Gasteiger partial charge in [0.25, 0.3) is 0 Å². The summed E-state index contributed by atoms with van der Waals surface area (Å²) in [5, 5.41) is 0. The summed E-state index contributed by atoms with van der Waals surface area (Å²) in [5.41, 5.74) is 0. The van der Waals surface area contributed by atoms with E-state index in [1.807, 2.05) is 23.5 Å². The zero-order chi connectivity index (χ0) is 8.10. The average Bonchev–Trinajstić information content (AvgIpc) is 2.38. The molecule has 1 heteroatoms. The molecule has 0 atom stereocenters. The van der Waals surface area contributed by atoms with Gasteiger partial charge in [0.1, 0.15) is 0 Å². The summed E-state index contributed by atoms with van der Waals surface area (Å²) in [5.74, 6) is 0. The van der Waals surface area contributed by atoms with Crippen molar-refractivity contribution in [3.05, 3.63) is 47.2 Å². The van der Waals surface area contributed by atoms with E-state index in [-0.39, 0.29) is 0 Å². The SMILES string of the molecule is C=CCc1ccc(CC=C)s1. The molecule has 0 saturated carbocycles. The Hall–Kier alpha value is -0.820. The summed E-state index contributed by atoms with van der Waals surface area (Å²) in [6.45, 7) is 7.40. The Bertz CT molecular complexity index is 221. The van der Waals surface area contributed by atoms with Crippen molar-refractivity contribution in [2.24, 2.45) is 0 Å². The third-order valence-electron chi connectivity index (χ3n) is 1.41. The molecule has 1 heterocycles. The van der Waals surface area contributed by atoms with Gasteiger partial charge in [-0.3, -0.25) is 0 Å². The molecule has 0 unspecified atom stereocenters. The van der Waals surface area contributed by atoms with Gasteiger partial charge in [-0.15, -0.1) is 24.5 Å². The number of allylic oxidation sites excluding steroid dienone is 2. The van der Waals surface area contributed by atoms with E-state index in [0.29, 0.717) is 0 Å². The van der Waals surface area contributed by atoms with Crippen LogP contribution in [0.4, 0.5) is 0 Å². The first kappa shape index (κ1) is 8.28. The maximum atomic E-state index is 3.70. The van der Waals surface area contributed by atoms with Crippen molar-refractivity contribution in [1.29, 1.82) is 0 Å². The molecule has 0 saturated heterocycles. The molecule has 0 aliphatic carbocycles. The van der Waals surface area contributed by atoms with Crippen molar-refractivity contribution in [3.63, 3.8) is 0 Å². The van der Waals surface area contributed by atoms with Crippen LogP contribution in [0.25, 0.3) is 0 Å². The van der Waals surface area contributed by atoms with Crippen LogP contribution < -0.4 is 0 Å². The molecule has 58 valence electrons. The Morgan fingerprint density at radius 3 is 1.91 bits per heavy atom. The molecular weight excluding hydrogens is 152 g/mol. The highest BCUT2D eigenvalue weighted by Crippen LogP contribution is 2.17. The van der Waals surface area contributed by atoms with Gasteiger partial charge in [0.15, 0.2) is 0 Å². The molecule has 1 aromatic heterocycles. The average molecular weight is 164 g/mol. The van der Waals surface area contributed by atoms with Gasteiger partial charge in [0, 0.05) is 9.75 Å². The molecule has 0 aliphatic rings. The minimum atomic E-state index is 0.988. The van der Waals surface area contributed by atoms with Crippen LogP contribution in [0.5, 0.6) is 0 Å². The van der Waals surface area contributed by atoms with Crippen molar-refractivity contribution in [2.75, 3.05) is 0 Å². The van der Waals surface area contributed by atoms with Crippen LogP contribution in [0.2, 0.25) is 0 Å². The van der Waals surface area contributed by atoms with Crippen LogP contribution in [0.3, 0.4) is 0 Å². The molecule has 0 nitrogen and oxygen atoms in total. The zero-order valence-corrected chi connectivity index (χ0v) is 7.36. The van der Waals surface area contributed by atoms with Crippen molar-refractivity contribution in [3.8, 4) is 0 Å². The Kier molecular flexibility index (Phi) is 3.12. The number of thiophene rings is 1. The van der Waals surface area contributed by atoms with Gasteiger partial charge in [0.2, 0.25) is 0 Å². The largest absolute Gasteiger partial charge is 0.145 e. The van der Waals surface area contributed by atoms with Gasteiger partial charge < -0.3 is 0 Å². The van der Waals surface area contributed by atoms with Crippen LogP contribution >= 0.6 is 11.3 Å². The summed E-state index contributed by atoms with van der Waals surface area (Å²) >= 11 is 1.84. The lowest BCUT2D eigenvalue weighted by molar-refractivity contribution is 1.35. The molecule has 1 rings (SSSR count). The lowest BCUT2D eigenvalue weighted by atomic mass is 10.3. The van der Waals surface area contributed by atoms with Gasteiger partial charge in [-0.25, -0.2) is 0 Å². The van der Waals surface area contributed by atoms with E-state index in [0.717, 1.165) is 12.8 Å². The molecule has 0 N–H and O–H groups in total. The Morgan fingerprint density at radius 1 is 1.09 bits per heavy atom. The summed E-state index contributed by atoms with van der Waals surface area (Å²) in [6.07, 6.45) is 5.84. The van der Waals surface area contributed by atoms with Crippen molar-refractivity contribution in [1.82, 2.24) is 0 Å². The monoisotopic (exact) mass is 164 g/mol. The van der Waals surface area contributed by atoms with Gasteiger partial charge >= 0.3 is 0 Å². The fourth-order valence-corrected chi connectivity index (χ4v) is 1.94. The molecule has 0 spiro atoms. The molecule has 0 bridgehead atoms. The van der Waals surface area contributed by atoms with Crippen LogP contribution in [-0.2, 0) is 12.8 Å². The molecule has 11 heavy (non-hydrogen) atoms. The highest BCUT2D eigenvalue weighted by atomic mass is 32.1. The molecule has 0 amide bonds. The first-order valence-electron chi connectivity index (χ1n) is 3.66. The van der Waals surface area contributed by atoms with Crippen molar-refractivity contribution in [2.45, 2.75) is 12.8 Å². The van der Waals surface area contributed by atoms with Crippen LogP contribution in [0.15, 0.2) is 37.4 Å². The van der Waals surface area contributed by atoms with Crippen LogP contribution in [0, 0.1) is 0 Å². The summed E-state index contributed by atoms with van der Waals surface area (Å²) in [4.78, 5) is 2.77. The molecule has 1 aromatic rings. The minimum absolute atomic E-state index is 0.988. The van der Waals surface area contributed by atoms with Crippen LogP contribution in [-0.4, -0.2) is 0 Å². The maximum Gasteiger partial charge on any atom is 0.00858 e. The Morgan fingerprint density at radius 2 is 1.55 bits per heavy atom. The fraction of sp³-hybridized carbons (Fsp3) is 0.200. The highest BCUT2D eigenvalue weighted by Gasteiger charge is 1.95. The minimum Gasteiger partial charge on any atom is -0.145 e. The number of rotatable bonds is 4. The number of hydrogen-bond acceptors (Lipinski definition) is 1. The fourth-order valence-electron chi connectivity index (χ4n) is 0.926. The topological polar surface area (TPSA) is 0 Å². The van der Waals surface area contributed by atoms with Gasteiger partial charge in [0.05, 0.1) is 0 Å². The molecular formula is C10H12S. The third kappa shape index (κ3) is 2.35. The Labute approximate surface area is 71.9 Å². The quantitative estimate of drug-likeness (QED) is 0.599. The zero-order valence-electron chi connectivity index (χ0n) is 6.55. The molecule has 0 aliphatic heterocycles. The van der Waals surface area contributed by atoms with E-state index in [1.54, 1.807) is 0 Å². The van der Waals surface area contributed by atoms with E-state index < -0.39 is 0 Å². The van der Waals surface area contributed by atoms with Gasteiger partial charge in [-0.2, -0.15) is 0 Å².